The second-order valence-electron chi connectivity index (χ2n) is 4.79. The van der Waals surface area contributed by atoms with E-state index in [4.69, 9.17) is 5.11 Å². The quantitative estimate of drug-likeness (QED) is 0.877. The first kappa shape index (κ1) is 15.2. The number of carbonyl (C=O) groups is 1. The Morgan fingerprint density at radius 1 is 1.40 bits per heavy atom. The van der Waals surface area contributed by atoms with Gasteiger partial charge in [0, 0.05) is 17.6 Å². The zero-order valence-corrected chi connectivity index (χ0v) is 12.0. The first-order chi connectivity index (χ1) is 9.29. The zero-order valence-electron chi connectivity index (χ0n) is 10.5. The molecule has 0 amide bonds. The Morgan fingerprint density at radius 3 is 2.70 bits per heavy atom. The highest BCUT2D eigenvalue weighted by Gasteiger charge is 2.42. The van der Waals surface area contributed by atoms with Crippen LogP contribution in [-0.2, 0) is 0 Å². The number of halogens is 4. The summed E-state index contributed by atoms with van der Waals surface area (Å²) in [5.41, 5.74) is 0.358. The summed E-state index contributed by atoms with van der Waals surface area (Å²) in [4.78, 5) is 12.7. The monoisotopic (exact) mass is 351 g/mol. The molecule has 0 aromatic heterocycles. The molecule has 1 saturated heterocycles. The van der Waals surface area contributed by atoms with Crippen LogP contribution in [0.15, 0.2) is 22.7 Å². The van der Waals surface area contributed by atoms with Crippen LogP contribution in [0.1, 0.15) is 23.2 Å². The Kier molecular flexibility index (Phi) is 4.27. The van der Waals surface area contributed by atoms with Gasteiger partial charge in [-0.25, -0.2) is 4.79 Å². The van der Waals surface area contributed by atoms with Crippen molar-refractivity contribution in [2.24, 2.45) is 5.92 Å². The predicted molar refractivity (Wildman–Crippen MR) is 72.1 cm³/mol. The van der Waals surface area contributed by atoms with E-state index in [0.29, 0.717) is 23.1 Å². The van der Waals surface area contributed by atoms with Gasteiger partial charge in [-0.3, -0.25) is 0 Å². The molecule has 1 unspecified atom stereocenters. The molecule has 0 spiro atoms. The zero-order chi connectivity index (χ0) is 14.9. The van der Waals surface area contributed by atoms with Crippen molar-refractivity contribution >= 4 is 27.6 Å². The van der Waals surface area contributed by atoms with E-state index in [0.717, 1.165) is 0 Å². The van der Waals surface area contributed by atoms with E-state index < -0.39 is 18.1 Å². The van der Waals surface area contributed by atoms with Gasteiger partial charge < -0.3 is 10.0 Å². The lowest BCUT2D eigenvalue weighted by atomic mass is 9.96. The lowest BCUT2D eigenvalue weighted by Gasteiger charge is -2.36. The highest BCUT2D eigenvalue weighted by molar-refractivity contribution is 9.10. The van der Waals surface area contributed by atoms with E-state index in [2.05, 4.69) is 15.9 Å². The molecule has 1 N–H and O–H groups in total. The van der Waals surface area contributed by atoms with Gasteiger partial charge in [0.25, 0.3) is 0 Å². The average Bonchev–Trinajstić information content (AvgIpc) is 2.37. The van der Waals surface area contributed by atoms with Crippen LogP contribution in [0.25, 0.3) is 0 Å². The third-order valence-corrected chi connectivity index (χ3v) is 3.91. The van der Waals surface area contributed by atoms with Crippen molar-refractivity contribution in [3.8, 4) is 0 Å². The lowest BCUT2D eigenvalue weighted by molar-refractivity contribution is -0.175. The third kappa shape index (κ3) is 3.26. The number of benzene rings is 1. The molecule has 0 bridgehead atoms. The Labute approximate surface area is 122 Å². The fourth-order valence-corrected chi connectivity index (χ4v) is 2.76. The minimum Gasteiger partial charge on any atom is -0.478 e. The molecule has 7 heteroatoms. The Bertz CT molecular complexity index is 519. The highest BCUT2D eigenvalue weighted by atomic mass is 79.9. The second-order valence-corrected chi connectivity index (χ2v) is 5.71. The number of aromatic carboxylic acids is 1. The molecule has 3 nitrogen and oxygen atoms in total. The van der Waals surface area contributed by atoms with E-state index in [9.17, 15) is 18.0 Å². The van der Waals surface area contributed by atoms with Gasteiger partial charge in [-0.1, -0.05) is 15.9 Å². The number of carboxylic acid groups (broad SMARTS) is 1. The lowest BCUT2D eigenvalue weighted by Crippen LogP contribution is -2.42. The minimum atomic E-state index is -4.24. The molecule has 1 aromatic carbocycles. The molecule has 1 aliphatic heterocycles. The van der Waals surface area contributed by atoms with Crippen molar-refractivity contribution in [2.75, 3.05) is 18.0 Å². The van der Waals surface area contributed by atoms with Gasteiger partial charge in [0.1, 0.15) is 0 Å². The molecule has 1 fully saturated rings. The van der Waals surface area contributed by atoms with Gasteiger partial charge in [-0.05, 0) is 31.0 Å². The Morgan fingerprint density at radius 2 is 2.10 bits per heavy atom. The topological polar surface area (TPSA) is 40.5 Å². The molecule has 1 aromatic rings. The molecule has 110 valence electrons. The van der Waals surface area contributed by atoms with Gasteiger partial charge in [-0.15, -0.1) is 0 Å². The van der Waals surface area contributed by atoms with E-state index in [1.807, 2.05) is 0 Å². The first-order valence-electron chi connectivity index (χ1n) is 6.13. The summed E-state index contributed by atoms with van der Waals surface area (Å²) in [6.45, 7) is 0.240. The van der Waals surface area contributed by atoms with Crippen molar-refractivity contribution in [1.29, 1.82) is 0 Å². The number of alkyl halides is 3. The second kappa shape index (κ2) is 5.63. The van der Waals surface area contributed by atoms with Gasteiger partial charge in [0.15, 0.2) is 0 Å². The summed E-state index contributed by atoms with van der Waals surface area (Å²) in [7, 11) is 0. The average molecular weight is 352 g/mol. The maximum atomic E-state index is 12.8. The summed E-state index contributed by atoms with van der Waals surface area (Å²) in [6.07, 6.45) is -3.75. The van der Waals surface area contributed by atoms with Gasteiger partial charge in [0.2, 0.25) is 0 Å². The van der Waals surface area contributed by atoms with Crippen LogP contribution in [0.2, 0.25) is 0 Å². The van der Waals surface area contributed by atoms with Crippen molar-refractivity contribution in [2.45, 2.75) is 19.0 Å². The maximum Gasteiger partial charge on any atom is 0.393 e. The molecule has 20 heavy (non-hydrogen) atoms. The van der Waals surface area contributed by atoms with Gasteiger partial charge in [0.05, 0.1) is 17.2 Å². The molecule has 2 rings (SSSR count). The summed E-state index contributed by atoms with van der Waals surface area (Å²) in [5, 5.41) is 9.15. The summed E-state index contributed by atoms with van der Waals surface area (Å²) in [5.74, 6) is -2.54. The number of nitrogens with zero attached hydrogens (tertiary/aromatic N) is 1. The summed E-state index contributed by atoms with van der Waals surface area (Å²) < 4.78 is 39.1. The van der Waals surface area contributed by atoms with E-state index in [-0.39, 0.29) is 18.5 Å². The molecular weight excluding hydrogens is 339 g/mol. The van der Waals surface area contributed by atoms with Crippen LogP contribution < -0.4 is 4.90 Å². The van der Waals surface area contributed by atoms with E-state index in [1.165, 1.54) is 11.0 Å². The van der Waals surface area contributed by atoms with Crippen LogP contribution in [0, 0.1) is 5.92 Å². The maximum absolute atomic E-state index is 12.8. The Balaban J connectivity index is 2.31. The molecule has 0 radical (unpaired) electrons. The van der Waals surface area contributed by atoms with Crippen molar-refractivity contribution in [3.63, 3.8) is 0 Å². The van der Waals surface area contributed by atoms with Crippen molar-refractivity contribution in [1.82, 2.24) is 0 Å². The van der Waals surface area contributed by atoms with Gasteiger partial charge in [-0.2, -0.15) is 13.2 Å². The molecule has 1 aliphatic rings. The SMILES string of the molecule is O=C(O)c1ccc(Br)cc1N1CCCC(C(F)(F)F)C1. The standard InChI is InChI=1S/C13H13BrF3NO2/c14-9-3-4-10(12(19)20)11(6-9)18-5-1-2-8(7-18)13(15,16)17/h3-4,6,8H,1-2,5,7H2,(H,19,20). The first-order valence-corrected chi connectivity index (χ1v) is 6.93. The number of rotatable bonds is 2. The number of carboxylic acids is 1. The van der Waals surface area contributed by atoms with Crippen molar-refractivity contribution in [3.05, 3.63) is 28.2 Å². The van der Waals surface area contributed by atoms with Crippen LogP contribution in [0.5, 0.6) is 0 Å². The molecule has 1 heterocycles. The van der Waals surface area contributed by atoms with Crippen LogP contribution >= 0.6 is 15.9 Å². The Hall–Kier alpha value is -1.24. The number of piperidine rings is 1. The largest absolute Gasteiger partial charge is 0.478 e. The number of hydrogen-bond acceptors (Lipinski definition) is 2. The summed E-state index contributed by atoms with van der Waals surface area (Å²) in [6, 6.07) is 4.53. The molecule has 1 atom stereocenters. The highest BCUT2D eigenvalue weighted by Crippen LogP contribution is 2.36. The van der Waals surface area contributed by atoms with Gasteiger partial charge >= 0.3 is 12.1 Å². The molecule has 0 aliphatic carbocycles. The number of hydrogen-bond donors (Lipinski definition) is 1. The van der Waals surface area contributed by atoms with Crippen molar-refractivity contribution < 1.29 is 23.1 Å². The predicted octanol–water partition coefficient (Wildman–Crippen LogP) is 3.93. The molecular formula is C13H13BrF3NO2. The van der Waals surface area contributed by atoms with E-state index in [1.54, 1.807) is 12.1 Å². The smallest absolute Gasteiger partial charge is 0.393 e. The van der Waals surface area contributed by atoms with Crippen LogP contribution in [0.4, 0.5) is 18.9 Å². The summed E-state index contributed by atoms with van der Waals surface area (Å²) >= 11 is 3.22. The fourth-order valence-electron chi connectivity index (χ4n) is 2.41. The fraction of sp³-hybridized carbons (Fsp3) is 0.462. The van der Waals surface area contributed by atoms with Crippen LogP contribution in [-0.4, -0.2) is 30.3 Å². The molecule has 0 saturated carbocycles. The van der Waals surface area contributed by atoms with E-state index >= 15 is 0 Å². The normalized spacial score (nSPS) is 20.0. The number of anilines is 1. The third-order valence-electron chi connectivity index (χ3n) is 3.42. The van der Waals surface area contributed by atoms with Crippen LogP contribution in [0.3, 0.4) is 0 Å². The minimum absolute atomic E-state index is 0.0241.